The van der Waals surface area contributed by atoms with Crippen molar-refractivity contribution in [1.82, 2.24) is 9.13 Å². The zero-order valence-corrected chi connectivity index (χ0v) is 31.5. The van der Waals surface area contributed by atoms with Gasteiger partial charge in [-0.3, -0.25) is 47.5 Å². The molecule has 0 aliphatic rings. The number of benzene rings is 1. The van der Waals surface area contributed by atoms with Gasteiger partial charge >= 0.3 is 23.9 Å². The van der Waals surface area contributed by atoms with Gasteiger partial charge in [-0.15, -0.1) is 0 Å². The number of hydrogen-bond acceptors (Lipinski definition) is 18. The van der Waals surface area contributed by atoms with Crippen molar-refractivity contribution in [3.05, 3.63) is 53.5 Å². The fourth-order valence-corrected chi connectivity index (χ4v) is 5.07. The molecule has 2 heterocycles. The number of esters is 4. The number of rotatable bonds is 30. The van der Waals surface area contributed by atoms with E-state index in [1.165, 1.54) is 12.1 Å². The Morgan fingerprint density at radius 3 is 0.929 bits per heavy atom. The van der Waals surface area contributed by atoms with Crippen LogP contribution in [0.3, 0.4) is 0 Å². The molecule has 0 N–H and O–H groups in total. The molecule has 0 aliphatic heterocycles. The van der Waals surface area contributed by atoms with Crippen LogP contribution in [0.2, 0.25) is 0 Å². The summed E-state index contributed by atoms with van der Waals surface area (Å²) < 4.78 is 53.3. The van der Waals surface area contributed by atoms with E-state index < -0.39 is 59.0 Å². The fourth-order valence-electron chi connectivity index (χ4n) is 5.07. The lowest BCUT2D eigenvalue weighted by atomic mass is 10.1. The number of ether oxygens (including phenoxy) is 10. The Kier molecular flexibility index (Phi) is 20.6. The summed E-state index contributed by atoms with van der Waals surface area (Å²) in [7, 11) is 0. The number of carbonyl (C=O) groups is 4. The summed E-state index contributed by atoms with van der Waals surface area (Å²) in [5, 5.41) is 0.116. The minimum Gasteiger partial charge on any atom is -0.466 e. The third-order valence-electron chi connectivity index (χ3n) is 7.64. The summed E-state index contributed by atoms with van der Waals surface area (Å²) in [5.41, 5.74) is -2.40. The van der Waals surface area contributed by atoms with E-state index in [0.29, 0.717) is 0 Å². The van der Waals surface area contributed by atoms with Crippen LogP contribution in [0.15, 0.2) is 31.3 Å². The maximum Gasteiger partial charge on any atom is 0.317 e. The van der Waals surface area contributed by atoms with Gasteiger partial charge in [0.1, 0.15) is 26.1 Å². The van der Waals surface area contributed by atoms with Crippen LogP contribution >= 0.6 is 0 Å². The fraction of sp³-hybridized carbons (Fsp3) is 0.611. The number of fused-ring (bicyclic) bond motifs is 2. The van der Waals surface area contributed by atoms with Crippen LogP contribution in [0, 0.1) is 0 Å². The molecular weight excluding hydrogens is 748 g/mol. The molecule has 0 atom stereocenters. The van der Waals surface area contributed by atoms with Gasteiger partial charge in [0, 0.05) is 0 Å². The molecule has 0 radical (unpaired) electrons. The van der Waals surface area contributed by atoms with Crippen molar-refractivity contribution in [3.63, 3.8) is 0 Å². The van der Waals surface area contributed by atoms with Gasteiger partial charge in [-0.25, -0.2) is 0 Å². The standard InChI is InChI=1S/C36H48N2O18/c1-3-53-29(39)23-31(41)55-19-17-51-15-13-49-11-9-47-7-5-37-33(43)25-21-27-28(22-26(25)34(37)44)36(46)38(35(27)45)6-8-48-10-12-50-14-16-52-18-20-56-32(42)24-30(40)54-4-2/h21-22H,3-20,23-24H2,1-2H3. The summed E-state index contributed by atoms with van der Waals surface area (Å²) in [6, 6.07) is 2.55. The average molecular weight is 797 g/mol. The van der Waals surface area contributed by atoms with Crippen LogP contribution in [-0.4, -0.2) is 139 Å². The molecule has 0 aliphatic carbocycles. The minimum absolute atomic E-state index is 0.0188. The summed E-state index contributed by atoms with van der Waals surface area (Å²) in [5.74, 6) is -2.71. The molecule has 20 heteroatoms. The number of carbonyl (C=O) groups excluding carboxylic acids is 4. The highest BCUT2D eigenvalue weighted by molar-refractivity contribution is 5.98. The lowest BCUT2D eigenvalue weighted by Crippen LogP contribution is -2.28. The summed E-state index contributed by atoms with van der Waals surface area (Å²) in [4.78, 5) is 97.5. The molecule has 3 rings (SSSR count). The van der Waals surface area contributed by atoms with Gasteiger partial charge in [-0.2, -0.15) is 0 Å². The second kappa shape index (κ2) is 25.3. The van der Waals surface area contributed by atoms with Crippen molar-refractivity contribution in [2.75, 3.05) is 106 Å². The molecule has 20 nitrogen and oxygen atoms in total. The Hall–Kier alpha value is -4.86. The van der Waals surface area contributed by atoms with Crippen molar-refractivity contribution >= 4 is 45.4 Å². The molecule has 310 valence electrons. The van der Waals surface area contributed by atoms with Crippen LogP contribution < -0.4 is 22.2 Å². The van der Waals surface area contributed by atoms with Gasteiger partial charge in [-0.1, -0.05) is 0 Å². The van der Waals surface area contributed by atoms with Crippen molar-refractivity contribution in [2.24, 2.45) is 0 Å². The average Bonchev–Trinajstić information content (AvgIpc) is 3.54. The second-order valence-corrected chi connectivity index (χ2v) is 11.5. The topological polar surface area (TPSA) is 239 Å². The van der Waals surface area contributed by atoms with E-state index in [9.17, 15) is 38.4 Å². The third kappa shape index (κ3) is 15.0. The Morgan fingerprint density at radius 1 is 0.393 bits per heavy atom. The first kappa shape index (κ1) is 45.5. The zero-order chi connectivity index (χ0) is 40.7. The predicted molar refractivity (Wildman–Crippen MR) is 194 cm³/mol. The molecule has 0 amide bonds. The first-order valence-electron chi connectivity index (χ1n) is 18.1. The molecule has 0 saturated carbocycles. The first-order valence-corrected chi connectivity index (χ1v) is 18.1. The lowest BCUT2D eigenvalue weighted by Gasteiger charge is -2.07. The van der Waals surface area contributed by atoms with Gasteiger partial charge < -0.3 is 47.4 Å². The smallest absolute Gasteiger partial charge is 0.317 e. The first-order chi connectivity index (χ1) is 27.1. The minimum atomic E-state index is -0.699. The maximum atomic E-state index is 13.0. The van der Waals surface area contributed by atoms with Gasteiger partial charge in [-0.05, 0) is 26.0 Å². The SMILES string of the molecule is CCOC(=O)CC(=O)OCCOCCOCCOCCn1c(=O)c2cc3c(=O)n(CCOCCOCCOCCOC(=O)CC(=O)OCC)c(=O)c3cc2c1=O. The summed E-state index contributed by atoms with van der Waals surface area (Å²) in [6.07, 6.45) is -0.917. The van der Waals surface area contributed by atoms with E-state index in [-0.39, 0.29) is 140 Å². The Morgan fingerprint density at radius 2 is 0.643 bits per heavy atom. The zero-order valence-electron chi connectivity index (χ0n) is 31.5. The highest BCUT2D eigenvalue weighted by Crippen LogP contribution is 2.14. The Labute approximate surface area is 320 Å². The largest absolute Gasteiger partial charge is 0.466 e. The quantitative estimate of drug-likeness (QED) is 0.0340. The van der Waals surface area contributed by atoms with Gasteiger partial charge in [0.25, 0.3) is 22.2 Å². The molecule has 0 fully saturated rings. The molecular formula is C36H48N2O18. The van der Waals surface area contributed by atoms with Crippen molar-refractivity contribution < 1.29 is 66.5 Å². The number of hydrogen-bond donors (Lipinski definition) is 0. The van der Waals surface area contributed by atoms with E-state index in [2.05, 4.69) is 9.47 Å². The molecule has 1 aromatic carbocycles. The van der Waals surface area contributed by atoms with Crippen LogP contribution in [0.1, 0.15) is 26.7 Å². The Bertz CT molecular complexity index is 1710. The van der Waals surface area contributed by atoms with Gasteiger partial charge in [0.15, 0.2) is 0 Å². The summed E-state index contributed by atoms with van der Waals surface area (Å²) in [6.45, 7) is 5.54. The van der Waals surface area contributed by atoms with Crippen LogP contribution in [0.5, 0.6) is 0 Å². The monoisotopic (exact) mass is 796 g/mol. The number of nitrogens with zero attached hydrogens (tertiary/aromatic N) is 2. The van der Waals surface area contributed by atoms with Crippen molar-refractivity contribution in [3.8, 4) is 0 Å². The van der Waals surface area contributed by atoms with E-state index in [1.54, 1.807) is 13.8 Å². The molecule has 0 spiro atoms. The predicted octanol–water partition coefficient (Wildman–Crippen LogP) is -0.995. The Balaban J connectivity index is 1.30. The van der Waals surface area contributed by atoms with Crippen molar-refractivity contribution in [2.45, 2.75) is 39.8 Å². The molecule has 56 heavy (non-hydrogen) atoms. The summed E-state index contributed by atoms with van der Waals surface area (Å²) >= 11 is 0. The van der Waals surface area contributed by atoms with E-state index in [1.807, 2.05) is 0 Å². The highest BCUT2D eigenvalue weighted by Gasteiger charge is 2.19. The van der Waals surface area contributed by atoms with Crippen LogP contribution in [0.4, 0.5) is 0 Å². The van der Waals surface area contributed by atoms with Gasteiger partial charge in [0.05, 0.1) is 127 Å². The van der Waals surface area contributed by atoms with Crippen LogP contribution in [-0.2, 0) is 79.6 Å². The number of aromatic nitrogens is 2. The normalized spacial score (nSPS) is 11.3. The van der Waals surface area contributed by atoms with E-state index in [0.717, 1.165) is 9.13 Å². The van der Waals surface area contributed by atoms with Crippen molar-refractivity contribution in [1.29, 1.82) is 0 Å². The molecule has 0 bridgehead atoms. The third-order valence-corrected chi connectivity index (χ3v) is 7.64. The van der Waals surface area contributed by atoms with Gasteiger partial charge in [0.2, 0.25) is 0 Å². The second-order valence-electron chi connectivity index (χ2n) is 11.5. The van der Waals surface area contributed by atoms with E-state index >= 15 is 0 Å². The maximum absolute atomic E-state index is 13.0. The molecule has 3 aromatic rings. The molecule has 0 saturated heterocycles. The van der Waals surface area contributed by atoms with E-state index in [4.69, 9.17) is 37.9 Å². The molecule has 0 unspecified atom stereocenters. The van der Waals surface area contributed by atoms with Crippen LogP contribution in [0.25, 0.3) is 21.5 Å². The lowest BCUT2D eigenvalue weighted by molar-refractivity contribution is -0.157. The molecule has 2 aromatic heterocycles. The highest BCUT2D eigenvalue weighted by atomic mass is 16.6.